The largest absolute Gasteiger partial charge is 0.447 e. The van der Waals surface area contributed by atoms with Gasteiger partial charge in [-0.05, 0) is 13.8 Å². The maximum Gasteiger partial charge on any atom is 0.407 e. The Morgan fingerprint density at radius 2 is 2.50 bits per heavy atom. The number of aromatic amines is 1. The number of H-pyrrole nitrogens is 1. The number of carbonyl (C=O) groups excluding carboxylic acids is 1. The fraction of sp³-hybridized carbons (Fsp3) is 0.556. The van der Waals surface area contributed by atoms with Crippen LogP contribution in [0.25, 0.3) is 0 Å². The van der Waals surface area contributed by atoms with Crippen LogP contribution >= 0.6 is 0 Å². The molecule has 0 aromatic carbocycles. The van der Waals surface area contributed by atoms with Crippen LogP contribution in [0.5, 0.6) is 0 Å². The molecule has 0 fully saturated rings. The van der Waals surface area contributed by atoms with Crippen molar-refractivity contribution in [2.45, 2.75) is 26.4 Å². The second-order valence-corrected chi connectivity index (χ2v) is 3.17. The van der Waals surface area contributed by atoms with Gasteiger partial charge in [0, 0.05) is 25.4 Å². The minimum atomic E-state index is -0.383. The van der Waals surface area contributed by atoms with Crippen LogP contribution < -0.4 is 5.32 Å². The molecule has 0 spiro atoms. The third kappa shape index (κ3) is 3.93. The Morgan fingerprint density at radius 1 is 1.71 bits per heavy atom. The molecule has 0 aliphatic rings. The van der Waals surface area contributed by atoms with E-state index in [1.807, 2.05) is 13.8 Å². The highest BCUT2D eigenvalue weighted by Crippen LogP contribution is 1.90. The summed E-state index contributed by atoms with van der Waals surface area (Å²) in [6, 6.07) is 0. The molecule has 0 aliphatic heterocycles. The highest BCUT2D eigenvalue weighted by Gasteiger charge is 2.03. The first-order valence-electron chi connectivity index (χ1n) is 4.61. The van der Waals surface area contributed by atoms with E-state index < -0.39 is 0 Å². The van der Waals surface area contributed by atoms with Crippen LogP contribution in [0.4, 0.5) is 4.79 Å². The van der Waals surface area contributed by atoms with Gasteiger partial charge in [0.1, 0.15) is 5.82 Å². The lowest BCUT2D eigenvalue weighted by molar-refractivity contribution is 0.116. The standard InChI is InChI=1S/C9H15N3O2/c1-7(2)14-9(13)12-4-3-8-10-5-6-11-8/h5-7H,3-4H2,1-2H3,(H,10,11)(H,12,13). The highest BCUT2D eigenvalue weighted by atomic mass is 16.6. The van der Waals surface area contributed by atoms with Gasteiger partial charge >= 0.3 is 6.09 Å². The van der Waals surface area contributed by atoms with Gasteiger partial charge in [0.15, 0.2) is 0 Å². The molecule has 1 rings (SSSR count). The molecule has 0 saturated heterocycles. The van der Waals surface area contributed by atoms with Gasteiger partial charge in [0.05, 0.1) is 6.10 Å². The number of nitrogens with zero attached hydrogens (tertiary/aromatic N) is 1. The van der Waals surface area contributed by atoms with Crippen LogP contribution in [0.1, 0.15) is 19.7 Å². The zero-order valence-corrected chi connectivity index (χ0v) is 8.41. The van der Waals surface area contributed by atoms with Crippen molar-refractivity contribution in [3.05, 3.63) is 18.2 Å². The fourth-order valence-corrected chi connectivity index (χ4v) is 0.973. The Bertz CT molecular complexity index is 270. The molecule has 5 nitrogen and oxygen atoms in total. The Morgan fingerprint density at radius 3 is 3.07 bits per heavy atom. The number of imidazole rings is 1. The normalized spacial score (nSPS) is 10.2. The molecular formula is C9H15N3O2. The first kappa shape index (κ1) is 10.6. The zero-order valence-electron chi connectivity index (χ0n) is 8.41. The quantitative estimate of drug-likeness (QED) is 0.759. The van der Waals surface area contributed by atoms with Crippen molar-refractivity contribution < 1.29 is 9.53 Å². The maximum absolute atomic E-state index is 11.0. The van der Waals surface area contributed by atoms with E-state index in [4.69, 9.17) is 4.74 Å². The molecule has 5 heteroatoms. The third-order valence-corrected chi connectivity index (χ3v) is 1.53. The smallest absolute Gasteiger partial charge is 0.407 e. The summed E-state index contributed by atoms with van der Waals surface area (Å²) in [6.45, 7) is 4.15. The van der Waals surface area contributed by atoms with E-state index in [1.165, 1.54) is 0 Å². The number of carbonyl (C=O) groups is 1. The number of nitrogens with one attached hydrogen (secondary N) is 2. The van der Waals surface area contributed by atoms with Gasteiger partial charge in [-0.3, -0.25) is 0 Å². The van der Waals surface area contributed by atoms with E-state index in [1.54, 1.807) is 12.4 Å². The molecule has 14 heavy (non-hydrogen) atoms. The Hall–Kier alpha value is -1.52. The van der Waals surface area contributed by atoms with E-state index in [0.717, 1.165) is 5.82 Å². The number of hydrogen-bond donors (Lipinski definition) is 2. The van der Waals surface area contributed by atoms with Crippen molar-refractivity contribution in [1.29, 1.82) is 0 Å². The summed E-state index contributed by atoms with van der Waals surface area (Å²) in [4.78, 5) is 18.0. The van der Waals surface area contributed by atoms with Gasteiger partial charge in [-0.2, -0.15) is 0 Å². The van der Waals surface area contributed by atoms with Crippen molar-refractivity contribution in [3.8, 4) is 0 Å². The van der Waals surface area contributed by atoms with E-state index in [2.05, 4.69) is 15.3 Å². The van der Waals surface area contributed by atoms with E-state index in [0.29, 0.717) is 13.0 Å². The summed E-state index contributed by atoms with van der Waals surface area (Å²) in [5, 5.41) is 2.63. The van der Waals surface area contributed by atoms with Crippen LogP contribution in [-0.4, -0.2) is 28.7 Å². The lowest BCUT2D eigenvalue weighted by Gasteiger charge is -2.08. The summed E-state index contributed by atoms with van der Waals surface area (Å²) in [6.07, 6.45) is 3.65. The van der Waals surface area contributed by atoms with Gasteiger partial charge in [-0.1, -0.05) is 0 Å². The van der Waals surface area contributed by atoms with E-state index in [-0.39, 0.29) is 12.2 Å². The molecule has 0 unspecified atom stereocenters. The average Bonchev–Trinajstić information content (AvgIpc) is 2.55. The van der Waals surface area contributed by atoms with Crippen molar-refractivity contribution in [2.75, 3.05) is 6.54 Å². The molecule has 0 aliphatic carbocycles. The first-order valence-corrected chi connectivity index (χ1v) is 4.61. The molecule has 1 heterocycles. The Labute approximate surface area is 82.9 Å². The number of aromatic nitrogens is 2. The SMILES string of the molecule is CC(C)OC(=O)NCCc1ncc[nH]1. The predicted molar refractivity (Wildman–Crippen MR) is 51.9 cm³/mol. The van der Waals surface area contributed by atoms with Gasteiger partial charge in [-0.15, -0.1) is 0 Å². The molecule has 78 valence electrons. The second-order valence-electron chi connectivity index (χ2n) is 3.17. The van der Waals surface area contributed by atoms with E-state index in [9.17, 15) is 4.79 Å². The number of amides is 1. The van der Waals surface area contributed by atoms with Crippen molar-refractivity contribution in [1.82, 2.24) is 15.3 Å². The van der Waals surface area contributed by atoms with Gasteiger partial charge in [0.2, 0.25) is 0 Å². The molecule has 1 aromatic rings. The topological polar surface area (TPSA) is 67.0 Å². The second kappa shape index (κ2) is 5.26. The van der Waals surface area contributed by atoms with Gasteiger partial charge in [0.25, 0.3) is 0 Å². The fourth-order valence-electron chi connectivity index (χ4n) is 0.973. The predicted octanol–water partition coefficient (Wildman–Crippen LogP) is 1.09. The van der Waals surface area contributed by atoms with Crippen LogP contribution in [0.3, 0.4) is 0 Å². The van der Waals surface area contributed by atoms with Gasteiger partial charge in [-0.25, -0.2) is 9.78 Å². The monoisotopic (exact) mass is 197 g/mol. The van der Waals surface area contributed by atoms with Crippen LogP contribution in [0.15, 0.2) is 12.4 Å². The molecule has 1 aromatic heterocycles. The summed E-state index contributed by atoms with van der Waals surface area (Å²) >= 11 is 0. The minimum absolute atomic E-state index is 0.0846. The molecule has 0 bridgehead atoms. The van der Waals surface area contributed by atoms with Crippen LogP contribution in [0, 0.1) is 0 Å². The Kier molecular flexibility index (Phi) is 3.97. The minimum Gasteiger partial charge on any atom is -0.447 e. The highest BCUT2D eigenvalue weighted by molar-refractivity contribution is 5.67. The molecule has 0 radical (unpaired) electrons. The molecular weight excluding hydrogens is 182 g/mol. The maximum atomic E-state index is 11.0. The molecule has 0 atom stereocenters. The average molecular weight is 197 g/mol. The summed E-state index contributed by atoms with van der Waals surface area (Å²) in [5.74, 6) is 0.856. The summed E-state index contributed by atoms with van der Waals surface area (Å²) in [7, 11) is 0. The number of ether oxygens (including phenoxy) is 1. The lowest BCUT2D eigenvalue weighted by Crippen LogP contribution is -2.28. The van der Waals surface area contributed by atoms with E-state index >= 15 is 0 Å². The number of alkyl carbamates (subject to hydrolysis) is 1. The molecule has 0 saturated carbocycles. The zero-order chi connectivity index (χ0) is 10.4. The Balaban J connectivity index is 2.12. The van der Waals surface area contributed by atoms with Gasteiger partial charge < -0.3 is 15.0 Å². The third-order valence-electron chi connectivity index (χ3n) is 1.53. The van der Waals surface area contributed by atoms with Crippen LogP contribution in [0.2, 0.25) is 0 Å². The lowest BCUT2D eigenvalue weighted by atomic mass is 10.4. The first-order chi connectivity index (χ1) is 6.68. The number of rotatable bonds is 4. The van der Waals surface area contributed by atoms with Crippen molar-refractivity contribution in [3.63, 3.8) is 0 Å². The van der Waals surface area contributed by atoms with Crippen molar-refractivity contribution in [2.24, 2.45) is 0 Å². The summed E-state index contributed by atoms with van der Waals surface area (Å²) < 4.78 is 4.89. The van der Waals surface area contributed by atoms with Crippen LogP contribution in [-0.2, 0) is 11.2 Å². The number of hydrogen-bond acceptors (Lipinski definition) is 3. The summed E-state index contributed by atoms with van der Waals surface area (Å²) in [5.41, 5.74) is 0. The van der Waals surface area contributed by atoms with Crippen molar-refractivity contribution >= 4 is 6.09 Å². The molecule has 2 N–H and O–H groups in total. The molecule has 1 amide bonds.